The molecule has 1 saturated carbocycles. The topological polar surface area (TPSA) is 86.7 Å². The molecule has 0 aromatic heterocycles. The molecule has 2 aliphatic rings. The first-order valence-electron chi connectivity index (χ1n) is 7.86. The van der Waals surface area contributed by atoms with Crippen LogP contribution in [-0.2, 0) is 14.4 Å². The fourth-order valence-electron chi connectivity index (χ4n) is 3.19. The van der Waals surface area contributed by atoms with Gasteiger partial charge in [-0.05, 0) is 25.7 Å². The predicted molar refractivity (Wildman–Crippen MR) is 76.5 cm³/mol. The predicted octanol–water partition coefficient (Wildman–Crippen LogP) is 1.01. The van der Waals surface area contributed by atoms with Crippen LogP contribution in [0.25, 0.3) is 0 Å². The second kappa shape index (κ2) is 7.43. The summed E-state index contributed by atoms with van der Waals surface area (Å²) >= 11 is 0. The molecular weight excluding hydrogens is 272 g/mol. The van der Waals surface area contributed by atoms with Crippen LogP contribution < -0.4 is 5.32 Å². The van der Waals surface area contributed by atoms with Gasteiger partial charge in [0.2, 0.25) is 11.8 Å². The van der Waals surface area contributed by atoms with E-state index in [0.29, 0.717) is 19.4 Å². The highest BCUT2D eigenvalue weighted by molar-refractivity contribution is 5.86. The maximum absolute atomic E-state index is 12.1. The van der Waals surface area contributed by atoms with Crippen molar-refractivity contribution in [2.45, 2.75) is 44.9 Å². The molecule has 2 N–H and O–H groups in total. The molecule has 1 atom stereocenters. The number of carbonyl (C=O) groups is 3. The van der Waals surface area contributed by atoms with Crippen LogP contribution >= 0.6 is 0 Å². The van der Waals surface area contributed by atoms with Gasteiger partial charge in [0, 0.05) is 19.0 Å². The molecule has 1 saturated heterocycles. The third-order valence-electron chi connectivity index (χ3n) is 4.51. The molecule has 0 bridgehead atoms. The number of hydrogen-bond acceptors (Lipinski definition) is 3. The van der Waals surface area contributed by atoms with E-state index in [4.69, 9.17) is 5.11 Å². The minimum absolute atomic E-state index is 0.0122. The summed E-state index contributed by atoms with van der Waals surface area (Å²) in [5.41, 5.74) is 0. The lowest BCUT2D eigenvalue weighted by Crippen LogP contribution is -2.47. The Hall–Kier alpha value is -1.59. The van der Waals surface area contributed by atoms with Crippen molar-refractivity contribution in [2.75, 3.05) is 19.6 Å². The van der Waals surface area contributed by atoms with Crippen molar-refractivity contribution in [3.63, 3.8) is 0 Å². The Morgan fingerprint density at radius 1 is 1.00 bits per heavy atom. The van der Waals surface area contributed by atoms with Gasteiger partial charge in [0.25, 0.3) is 0 Å². The molecule has 1 aliphatic heterocycles. The molecular formula is C15H24N2O4. The maximum atomic E-state index is 12.1. The summed E-state index contributed by atoms with van der Waals surface area (Å²) in [6.45, 7) is 0.830. The van der Waals surface area contributed by atoms with Crippen molar-refractivity contribution in [1.29, 1.82) is 0 Å². The molecule has 1 aliphatic carbocycles. The van der Waals surface area contributed by atoms with Gasteiger partial charge < -0.3 is 15.3 Å². The van der Waals surface area contributed by atoms with E-state index >= 15 is 0 Å². The fraction of sp³-hybridized carbons (Fsp3) is 0.800. The van der Waals surface area contributed by atoms with Gasteiger partial charge >= 0.3 is 5.97 Å². The lowest BCUT2D eigenvalue weighted by molar-refractivity contribution is -0.146. The quantitative estimate of drug-likeness (QED) is 0.810. The first-order chi connectivity index (χ1) is 10.1. The Morgan fingerprint density at radius 3 is 2.33 bits per heavy atom. The van der Waals surface area contributed by atoms with E-state index < -0.39 is 11.9 Å². The summed E-state index contributed by atoms with van der Waals surface area (Å²) in [5, 5.41) is 11.7. The van der Waals surface area contributed by atoms with Crippen LogP contribution in [0.3, 0.4) is 0 Å². The molecule has 2 rings (SSSR count). The Labute approximate surface area is 124 Å². The van der Waals surface area contributed by atoms with Gasteiger partial charge in [-0.15, -0.1) is 0 Å². The number of piperidine rings is 1. The standard InChI is InChI=1S/C15H24N2O4/c18-13(17-8-4-7-12(10-17)15(20)21)9-16-14(19)11-5-2-1-3-6-11/h11-12H,1-10H2,(H,16,19)(H,20,21). The number of nitrogens with zero attached hydrogens (tertiary/aromatic N) is 1. The van der Waals surface area contributed by atoms with Gasteiger partial charge in [-0.3, -0.25) is 14.4 Å². The van der Waals surface area contributed by atoms with Crippen LogP contribution in [-0.4, -0.2) is 47.4 Å². The molecule has 6 nitrogen and oxygen atoms in total. The smallest absolute Gasteiger partial charge is 0.308 e. The summed E-state index contributed by atoms with van der Waals surface area (Å²) in [6, 6.07) is 0. The summed E-state index contributed by atoms with van der Waals surface area (Å²) in [7, 11) is 0. The highest BCUT2D eigenvalue weighted by Gasteiger charge is 2.28. The maximum Gasteiger partial charge on any atom is 0.308 e. The van der Waals surface area contributed by atoms with Gasteiger partial charge in [-0.2, -0.15) is 0 Å². The number of amides is 2. The summed E-state index contributed by atoms with van der Waals surface area (Å²) in [5.74, 6) is -1.49. The van der Waals surface area contributed by atoms with Crippen LogP contribution in [0.4, 0.5) is 0 Å². The Bertz CT molecular complexity index is 404. The molecule has 118 valence electrons. The lowest BCUT2D eigenvalue weighted by Gasteiger charge is -2.31. The zero-order valence-corrected chi connectivity index (χ0v) is 12.3. The third-order valence-corrected chi connectivity index (χ3v) is 4.51. The van der Waals surface area contributed by atoms with E-state index in [9.17, 15) is 14.4 Å². The minimum atomic E-state index is -0.848. The van der Waals surface area contributed by atoms with Gasteiger partial charge in [0.15, 0.2) is 0 Å². The third kappa shape index (κ3) is 4.44. The Balaban J connectivity index is 1.75. The highest BCUT2D eigenvalue weighted by atomic mass is 16.4. The summed E-state index contributed by atoms with van der Waals surface area (Å²) in [6.07, 6.45) is 6.49. The number of rotatable bonds is 4. The zero-order chi connectivity index (χ0) is 15.2. The normalized spacial score (nSPS) is 23.6. The second-order valence-corrected chi connectivity index (χ2v) is 6.07. The van der Waals surface area contributed by atoms with Crippen molar-refractivity contribution >= 4 is 17.8 Å². The average Bonchev–Trinajstić information content (AvgIpc) is 2.53. The number of aliphatic carboxylic acids is 1. The van der Waals surface area contributed by atoms with Crippen molar-refractivity contribution < 1.29 is 19.5 Å². The molecule has 0 spiro atoms. The zero-order valence-electron chi connectivity index (χ0n) is 12.3. The lowest BCUT2D eigenvalue weighted by atomic mass is 9.89. The van der Waals surface area contributed by atoms with Crippen molar-refractivity contribution in [3.05, 3.63) is 0 Å². The number of likely N-dealkylation sites (tertiary alicyclic amines) is 1. The second-order valence-electron chi connectivity index (χ2n) is 6.07. The summed E-state index contributed by atoms with van der Waals surface area (Å²) in [4.78, 5) is 36.6. The fourth-order valence-corrected chi connectivity index (χ4v) is 3.19. The van der Waals surface area contributed by atoms with Gasteiger partial charge in [0.1, 0.15) is 0 Å². The van der Waals surface area contributed by atoms with Gasteiger partial charge in [-0.25, -0.2) is 0 Å². The van der Waals surface area contributed by atoms with Gasteiger partial charge in [-0.1, -0.05) is 19.3 Å². The van der Waals surface area contributed by atoms with Crippen molar-refractivity contribution in [2.24, 2.45) is 11.8 Å². The van der Waals surface area contributed by atoms with Crippen LogP contribution in [0.15, 0.2) is 0 Å². The monoisotopic (exact) mass is 296 g/mol. The van der Waals surface area contributed by atoms with Gasteiger partial charge in [0.05, 0.1) is 12.5 Å². The van der Waals surface area contributed by atoms with E-state index in [2.05, 4.69) is 5.32 Å². The molecule has 0 aromatic rings. The first kappa shape index (κ1) is 15.8. The highest BCUT2D eigenvalue weighted by Crippen LogP contribution is 2.23. The number of carboxylic acid groups (broad SMARTS) is 1. The van der Waals surface area contributed by atoms with Crippen LogP contribution in [0.1, 0.15) is 44.9 Å². The first-order valence-corrected chi connectivity index (χ1v) is 7.86. The largest absolute Gasteiger partial charge is 0.481 e. The Morgan fingerprint density at radius 2 is 1.67 bits per heavy atom. The van der Waals surface area contributed by atoms with E-state index in [-0.39, 0.29) is 30.8 Å². The van der Waals surface area contributed by atoms with E-state index in [1.54, 1.807) is 4.90 Å². The van der Waals surface area contributed by atoms with E-state index in [0.717, 1.165) is 25.7 Å². The molecule has 21 heavy (non-hydrogen) atoms. The van der Waals surface area contributed by atoms with Crippen molar-refractivity contribution in [1.82, 2.24) is 10.2 Å². The molecule has 2 fully saturated rings. The van der Waals surface area contributed by atoms with Crippen molar-refractivity contribution in [3.8, 4) is 0 Å². The number of carboxylic acids is 1. The molecule has 1 unspecified atom stereocenters. The van der Waals surface area contributed by atoms with Crippen LogP contribution in [0.2, 0.25) is 0 Å². The van der Waals surface area contributed by atoms with Crippen LogP contribution in [0.5, 0.6) is 0 Å². The number of nitrogens with one attached hydrogen (secondary N) is 1. The molecule has 0 aromatic carbocycles. The minimum Gasteiger partial charge on any atom is -0.481 e. The number of hydrogen-bond donors (Lipinski definition) is 2. The van der Waals surface area contributed by atoms with E-state index in [1.165, 1.54) is 6.42 Å². The Kier molecular flexibility index (Phi) is 5.59. The molecule has 0 radical (unpaired) electrons. The average molecular weight is 296 g/mol. The van der Waals surface area contributed by atoms with Crippen LogP contribution in [0, 0.1) is 11.8 Å². The SMILES string of the molecule is O=C(O)C1CCCN(C(=O)CNC(=O)C2CCCCC2)C1. The number of carbonyl (C=O) groups excluding carboxylic acids is 2. The summed E-state index contributed by atoms with van der Waals surface area (Å²) < 4.78 is 0. The van der Waals surface area contributed by atoms with E-state index in [1.807, 2.05) is 0 Å². The molecule has 1 heterocycles. The molecule has 2 amide bonds. The molecule has 6 heteroatoms.